The highest BCUT2D eigenvalue weighted by Gasteiger charge is 2.17. The van der Waals surface area contributed by atoms with E-state index in [1.165, 1.54) is 0 Å². The molecule has 14 heavy (non-hydrogen) atoms. The molecule has 0 radical (unpaired) electrons. The zero-order chi connectivity index (χ0) is 9.97. The van der Waals surface area contributed by atoms with Crippen LogP contribution in [0.1, 0.15) is 18.1 Å². The molecule has 74 valence electrons. The van der Waals surface area contributed by atoms with Gasteiger partial charge < -0.3 is 9.84 Å². The fourth-order valence-electron chi connectivity index (χ4n) is 1.49. The minimum Gasteiger partial charge on any atom is -0.501 e. The maximum Gasteiger partial charge on any atom is 0.103 e. The maximum absolute atomic E-state index is 9.94. The molecule has 0 spiro atoms. The Bertz CT molecular complexity index is 360. The molecule has 1 aromatic carbocycles. The van der Waals surface area contributed by atoms with E-state index in [2.05, 4.69) is 0 Å². The quantitative estimate of drug-likeness (QED) is 0.813. The summed E-state index contributed by atoms with van der Waals surface area (Å²) >= 11 is 5.83. The van der Waals surface area contributed by atoms with Crippen molar-refractivity contribution >= 4 is 11.6 Å². The molecule has 1 aliphatic heterocycles. The number of hydrogen-bond acceptors (Lipinski definition) is 2. The van der Waals surface area contributed by atoms with E-state index < -0.39 is 6.10 Å². The average molecular weight is 211 g/mol. The number of ether oxygens (including phenoxy) is 1. The van der Waals surface area contributed by atoms with E-state index in [4.69, 9.17) is 16.3 Å². The molecular weight excluding hydrogens is 200 g/mol. The number of rotatable bonds is 2. The molecule has 0 amide bonds. The first-order chi connectivity index (χ1) is 6.77. The van der Waals surface area contributed by atoms with Gasteiger partial charge in [0.25, 0.3) is 0 Å². The number of halogens is 1. The Hall–Kier alpha value is -0.990. The smallest absolute Gasteiger partial charge is 0.103 e. The number of hydrogen-bond donors (Lipinski definition) is 1. The summed E-state index contributed by atoms with van der Waals surface area (Å²) in [5.41, 5.74) is 1.72. The van der Waals surface area contributed by atoms with Gasteiger partial charge in [0.15, 0.2) is 0 Å². The van der Waals surface area contributed by atoms with E-state index in [-0.39, 0.29) is 0 Å². The zero-order valence-electron chi connectivity index (χ0n) is 7.61. The Kier molecular flexibility index (Phi) is 2.75. The van der Waals surface area contributed by atoms with Crippen molar-refractivity contribution in [2.24, 2.45) is 0 Å². The Morgan fingerprint density at radius 3 is 2.93 bits per heavy atom. The highest BCUT2D eigenvalue weighted by molar-refractivity contribution is 6.30. The van der Waals surface area contributed by atoms with E-state index in [9.17, 15) is 5.11 Å². The van der Waals surface area contributed by atoms with E-state index in [1.807, 2.05) is 12.1 Å². The molecule has 1 N–H and O–H groups in total. The first kappa shape index (κ1) is 9.56. The second kappa shape index (κ2) is 4.03. The van der Waals surface area contributed by atoms with Gasteiger partial charge in [-0.05, 0) is 17.7 Å². The zero-order valence-corrected chi connectivity index (χ0v) is 8.37. The van der Waals surface area contributed by atoms with Crippen molar-refractivity contribution in [3.63, 3.8) is 0 Å². The summed E-state index contributed by atoms with van der Waals surface area (Å²) in [5.74, 6) is 0. The molecule has 0 fully saturated rings. The summed E-state index contributed by atoms with van der Waals surface area (Å²) in [7, 11) is 0. The molecule has 1 atom stereocenters. The van der Waals surface area contributed by atoms with E-state index in [0.29, 0.717) is 11.6 Å². The molecule has 0 aliphatic carbocycles. The van der Waals surface area contributed by atoms with Gasteiger partial charge in [0.2, 0.25) is 0 Å². The van der Waals surface area contributed by atoms with Gasteiger partial charge >= 0.3 is 0 Å². The minimum absolute atomic E-state index is 0.587. The molecule has 3 heteroatoms. The second-order valence-electron chi connectivity index (χ2n) is 3.27. The van der Waals surface area contributed by atoms with Crippen LogP contribution in [0.3, 0.4) is 0 Å². The first-order valence-corrected chi connectivity index (χ1v) is 4.89. The molecule has 1 heterocycles. The normalized spacial score (nSPS) is 17.4. The summed E-state index contributed by atoms with van der Waals surface area (Å²) < 4.78 is 5.07. The van der Waals surface area contributed by atoms with Crippen LogP contribution in [-0.4, -0.2) is 11.7 Å². The molecule has 1 unspecified atom stereocenters. The summed E-state index contributed by atoms with van der Waals surface area (Å²) in [6.07, 6.45) is 1.83. The molecule has 0 aromatic heterocycles. The van der Waals surface area contributed by atoms with Gasteiger partial charge in [0, 0.05) is 17.0 Å². The monoisotopic (exact) mass is 210 g/mol. The van der Waals surface area contributed by atoms with Crippen LogP contribution in [-0.2, 0) is 4.74 Å². The molecule has 0 saturated heterocycles. The highest BCUT2D eigenvalue weighted by Crippen LogP contribution is 2.28. The molecule has 1 aromatic rings. The standard InChI is InChI=1S/C11H11ClO2/c12-10-3-1-2-8(6-10)11(13)9-4-5-14-7-9/h1-3,6-7,11,13H,4-5H2. The molecule has 0 bridgehead atoms. The summed E-state index contributed by atoms with van der Waals surface area (Å²) in [4.78, 5) is 0. The van der Waals surface area contributed by atoms with Crippen molar-refractivity contribution in [3.8, 4) is 0 Å². The van der Waals surface area contributed by atoms with E-state index in [1.54, 1.807) is 18.4 Å². The van der Waals surface area contributed by atoms with Gasteiger partial charge in [0.05, 0.1) is 12.9 Å². The third-order valence-corrected chi connectivity index (χ3v) is 2.49. The molecule has 1 aliphatic rings. The van der Waals surface area contributed by atoms with Gasteiger partial charge in [-0.2, -0.15) is 0 Å². The molecule has 2 rings (SSSR count). The van der Waals surface area contributed by atoms with Crippen LogP contribution in [0.4, 0.5) is 0 Å². The van der Waals surface area contributed by atoms with Crippen molar-refractivity contribution in [3.05, 3.63) is 46.7 Å². The van der Waals surface area contributed by atoms with Crippen molar-refractivity contribution in [1.82, 2.24) is 0 Å². The van der Waals surface area contributed by atoms with Gasteiger partial charge in [-0.3, -0.25) is 0 Å². The van der Waals surface area contributed by atoms with Crippen LogP contribution in [0.25, 0.3) is 0 Å². The van der Waals surface area contributed by atoms with E-state index in [0.717, 1.165) is 17.6 Å². The summed E-state index contributed by atoms with van der Waals surface area (Å²) in [6.45, 7) is 0.660. The van der Waals surface area contributed by atoms with Crippen LogP contribution in [0.2, 0.25) is 5.02 Å². The predicted octanol–water partition coefficient (Wildman–Crippen LogP) is 2.68. The molecule has 0 saturated carbocycles. The number of benzene rings is 1. The van der Waals surface area contributed by atoms with Crippen LogP contribution in [0, 0.1) is 0 Å². The lowest BCUT2D eigenvalue weighted by Gasteiger charge is -2.10. The van der Waals surface area contributed by atoms with Gasteiger partial charge in [-0.25, -0.2) is 0 Å². The lowest BCUT2D eigenvalue weighted by Crippen LogP contribution is -1.99. The fraction of sp³-hybridized carbons (Fsp3) is 0.273. The molecular formula is C11H11ClO2. The van der Waals surface area contributed by atoms with Crippen molar-refractivity contribution < 1.29 is 9.84 Å². The summed E-state index contributed by atoms with van der Waals surface area (Å²) in [6, 6.07) is 7.25. The summed E-state index contributed by atoms with van der Waals surface area (Å²) in [5, 5.41) is 10.6. The van der Waals surface area contributed by atoms with Gasteiger partial charge in [-0.1, -0.05) is 23.7 Å². The highest BCUT2D eigenvalue weighted by atomic mass is 35.5. The third-order valence-electron chi connectivity index (χ3n) is 2.26. The lowest BCUT2D eigenvalue weighted by atomic mass is 10.0. The Morgan fingerprint density at radius 2 is 2.29 bits per heavy atom. The SMILES string of the molecule is OC(C1=COCC1)c1cccc(Cl)c1. The first-order valence-electron chi connectivity index (χ1n) is 4.51. The number of aliphatic hydroxyl groups excluding tert-OH is 1. The topological polar surface area (TPSA) is 29.5 Å². The number of aliphatic hydroxyl groups is 1. The van der Waals surface area contributed by atoms with Crippen LogP contribution >= 0.6 is 11.6 Å². The minimum atomic E-state index is -0.587. The molecule has 2 nitrogen and oxygen atoms in total. The lowest BCUT2D eigenvalue weighted by molar-refractivity contribution is 0.213. The second-order valence-corrected chi connectivity index (χ2v) is 3.71. The van der Waals surface area contributed by atoms with Gasteiger partial charge in [-0.15, -0.1) is 0 Å². The van der Waals surface area contributed by atoms with Gasteiger partial charge in [0.1, 0.15) is 6.10 Å². The van der Waals surface area contributed by atoms with Crippen LogP contribution < -0.4 is 0 Å². The fourth-order valence-corrected chi connectivity index (χ4v) is 1.69. The maximum atomic E-state index is 9.94. The Labute approximate surface area is 87.8 Å². The van der Waals surface area contributed by atoms with Crippen LogP contribution in [0.5, 0.6) is 0 Å². The van der Waals surface area contributed by atoms with Crippen molar-refractivity contribution in [2.75, 3.05) is 6.61 Å². The Balaban J connectivity index is 2.22. The Morgan fingerprint density at radius 1 is 1.43 bits per heavy atom. The third kappa shape index (κ3) is 1.91. The predicted molar refractivity (Wildman–Crippen MR) is 55.1 cm³/mol. The van der Waals surface area contributed by atoms with Crippen molar-refractivity contribution in [2.45, 2.75) is 12.5 Å². The largest absolute Gasteiger partial charge is 0.501 e. The van der Waals surface area contributed by atoms with Crippen LogP contribution in [0.15, 0.2) is 36.1 Å². The van der Waals surface area contributed by atoms with Crippen molar-refractivity contribution in [1.29, 1.82) is 0 Å². The van der Waals surface area contributed by atoms with E-state index >= 15 is 0 Å². The average Bonchev–Trinajstić information content (AvgIpc) is 2.69.